The van der Waals surface area contributed by atoms with Crippen molar-refractivity contribution in [3.63, 3.8) is 0 Å². The zero-order valence-electron chi connectivity index (χ0n) is 14.7. The number of nitrogens with zero attached hydrogens (tertiary/aromatic N) is 2. The summed E-state index contributed by atoms with van der Waals surface area (Å²) in [7, 11) is -1.66. The van der Waals surface area contributed by atoms with E-state index in [1.807, 2.05) is 6.07 Å². The molecule has 0 bridgehead atoms. The quantitative estimate of drug-likeness (QED) is 0.766. The summed E-state index contributed by atoms with van der Waals surface area (Å²) in [6, 6.07) is 6.71. The minimum atomic E-state index is -3.01. The second kappa shape index (κ2) is 7.53. The van der Waals surface area contributed by atoms with E-state index in [0.717, 1.165) is 5.69 Å². The molecule has 1 aromatic carbocycles. The number of esters is 1. The first-order valence-electron chi connectivity index (χ1n) is 8.57. The van der Waals surface area contributed by atoms with E-state index in [2.05, 4.69) is 10.2 Å². The monoisotopic (exact) mass is 381 g/mol. The van der Waals surface area contributed by atoms with Gasteiger partial charge in [0.25, 0.3) is 0 Å². The molecule has 1 aromatic rings. The summed E-state index contributed by atoms with van der Waals surface area (Å²) >= 11 is 0. The van der Waals surface area contributed by atoms with E-state index in [9.17, 15) is 18.0 Å². The van der Waals surface area contributed by atoms with Crippen LogP contribution in [0.25, 0.3) is 0 Å². The zero-order chi connectivity index (χ0) is 18.7. The lowest BCUT2D eigenvalue weighted by Crippen LogP contribution is -2.53. The summed E-state index contributed by atoms with van der Waals surface area (Å²) < 4.78 is 27.7. The molecular weight excluding hydrogens is 358 g/mol. The van der Waals surface area contributed by atoms with E-state index in [-0.39, 0.29) is 29.5 Å². The van der Waals surface area contributed by atoms with E-state index in [1.54, 1.807) is 23.1 Å². The molecule has 2 aliphatic rings. The summed E-state index contributed by atoms with van der Waals surface area (Å²) in [6.07, 6.45) is 0.481. The van der Waals surface area contributed by atoms with Crippen LogP contribution < -0.4 is 10.2 Å². The van der Waals surface area contributed by atoms with Gasteiger partial charge in [-0.15, -0.1) is 0 Å². The van der Waals surface area contributed by atoms with E-state index in [0.29, 0.717) is 38.2 Å². The van der Waals surface area contributed by atoms with E-state index < -0.39 is 9.84 Å². The number of urea groups is 1. The predicted molar refractivity (Wildman–Crippen MR) is 97.2 cm³/mol. The van der Waals surface area contributed by atoms with Gasteiger partial charge >= 0.3 is 12.0 Å². The van der Waals surface area contributed by atoms with Crippen LogP contribution in [0.5, 0.6) is 0 Å². The summed E-state index contributed by atoms with van der Waals surface area (Å²) in [6.45, 7) is 2.35. The number of rotatable bonds is 3. The highest BCUT2D eigenvalue weighted by Gasteiger charge is 2.31. The fourth-order valence-electron chi connectivity index (χ4n) is 3.29. The third kappa shape index (κ3) is 4.27. The predicted octanol–water partition coefficient (Wildman–Crippen LogP) is 0.492. The fourth-order valence-corrected chi connectivity index (χ4v) is 4.96. The van der Waals surface area contributed by atoms with Gasteiger partial charge in [0.05, 0.1) is 24.2 Å². The Hall–Kier alpha value is -2.29. The summed E-state index contributed by atoms with van der Waals surface area (Å²) in [5, 5.41) is 2.82. The number of sulfone groups is 1. The van der Waals surface area contributed by atoms with Crippen LogP contribution in [0, 0.1) is 0 Å². The van der Waals surface area contributed by atoms with Crippen LogP contribution in [0.2, 0.25) is 0 Å². The van der Waals surface area contributed by atoms with Crippen molar-refractivity contribution in [1.82, 2.24) is 10.2 Å². The zero-order valence-corrected chi connectivity index (χ0v) is 15.5. The van der Waals surface area contributed by atoms with Crippen molar-refractivity contribution in [1.29, 1.82) is 0 Å². The lowest BCUT2D eigenvalue weighted by atomic mass is 10.1. The highest BCUT2D eigenvalue weighted by atomic mass is 32.2. The first-order chi connectivity index (χ1) is 12.4. The van der Waals surface area contributed by atoms with E-state index in [1.165, 1.54) is 7.11 Å². The van der Waals surface area contributed by atoms with Gasteiger partial charge in [0.15, 0.2) is 9.84 Å². The second-order valence-electron chi connectivity index (χ2n) is 6.57. The Bertz CT molecular complexity index is 787. The first kappa shape index (κ1) is 18.5. The molecule has 2 amide bonds. The number of carbonyl (C=O) groups excluding carboxylic acids is 2. The van der Waals surface area contributed by atoms with Gasteiger partial charge in [-0.25, -0.2) is 18.0 Å². The number of anilines is 1. The van der Waals surface area contributed by atoms with Gasteiger partial charge in [0.2, 0.25) is 0 Å². The van der Waals surface area contributed by atoms with Crippen LogP contribution >= 0.6 is 0 Å². The molecule has 1 N–H and O–H groups in total. The molecule has 0 radical (unpaired) electrons. The molecule has 2 aliphatic heterocycles. The summed E-state index contributed by atoms with van der Waals surface area (Å²) in [4.78, 5) is 27.8. The second-order valence-corrected chi connectivity index (χ2v) is 8.79. The van der Waals surface area contributed by atoms with Gasteiger partial charge in [-0.05, 0) is 24.6 Å². The minimum Gasteiger partial charge on any atom is -0.465 e. The number of amides is 2. The lowest BCUT2D eigenvalue weighted by Gasteiger charge is -2.36. The molecule has 1 atom stereocenters. The smallest absolute Gasteiger partial charge is 0.337 e. The number of methoxy groups -OCH3 is 1. The number of benzene rings is 1. The molecule has 26 heavy (non-hydrogen) atoms. The normalized spacial score (nSPS) is 22.1. The molecule has 2 fully saturated rings. The molecular formula is C17H23N3O5S. The van der Waals surface area contributed by atoms with E-state index >= 15 is 0 Å². The SMILES string of the molecule is COC(=O)c1cccc(N2CCN(C(=O)NC3CCS(=O)(=O)C3)CC2)c1. The topological polar surface area (TPSA) is 96.0 Å². The van der Waals surface area contributed by atoms with Crippen molar-refractivity contribution in [2.75, 3.05) is 49.7 Å². The van der Waals surface area contributed by atoms with Crippen LogP contribution in [0.15, 0.2) is 24.3 Å². The van der Waals surface area contributed by atoms with Gasteiger partial charge in [0.1, 0.15) is 0 Å². The van der Waals surface area contributed by atoms with Crippen molar-refractivity contribution in [3.05, 3.63) is 29.8 Å². The maximum absolute atomic E-state index is 12.3. The Labute approximate surface area is 153 Å². The Morgan fingerprint density at radius 1 is 1.19 bits per heavy atom. The molecule has 9 heteroatoms. The van der Waals surface area contributed by atoms with Crippen LogP contribution in [0.1, 0.15) is 16.8 Å². The van der Waals surface area contributed by atoms with Gasteiger partial charge in [-0.1, -0.05) is 6.07 Å². The van der Waals surface area contributed by atoms with Gasteiger partial charge in [-0.3, -0.25) is 0 Å². The van der Waals surface area contributed by atoms with Gasteiger partial charge in [-0.2, -0.15) is 0 Å². The minimum absolute atomic E-state index is 0.0268. The van der Waals surface area contributed by atoms with Crippen LogP contribution in [0.4, 0.5) is 10.5 Å². The highest BCUT2D eigenvalue weighted by molar-refractivity contribution is 7.91. The van der Waals surface area contributed by atoms with Crippen molar-refractivity contribution in [2.24, 2.45) is 0 Å². The third-order valence-corrected chi connectivity index (χ3v) is 6.53. The van der Waals surface area contributed by atoms with Gasteiger partial charge < -0.3 is 19.9 Å². The Morgan fingerprint density at radius 3 is 2.54 bits per heavy atom. The highest BCUT2D eigenvalue weighted by Crippen LogP contribution is 2.19. The van der Waals surface area contributed by atoms with Crippen LogP contribution in [-0.4, -0.2) is 76.2 Å². The van der Waals surface area contributed by atoms with Crippen molar-refractivity contribution in [3.8, 4) is 0 Å². The number of nitrogens with one attached hydrogen (secondary N) is 1. The average Bonchev–Trinajstić information content (AvgIpc) is 2.99. The number of ether oxygens (including phenoxy) is 1. The Morgan fingerprint density at radius 2 is 1.92 bits per heavy atom. The molecule has 2 heterocycles. The number of hydrogen-bond donors (Lipinski definition) is 1. The average molecular weight is 381 g/mol. The number of hydrogen-bond acceptors (Lipinski definition) is 6. The van der Waals surface area contributed by atoms with Crippen molar-refractivity contribution < 1.29 is 22.7 Å². The Kier molecular flexibility index (Phi) is 5.36. The number of carbonyl (C=O) groups is 2. The Balaban J connectivity index is 1.54. The number of piperazine rings is 1. The third-order valence-electron chi connectivity index (χ3n) is 4.76. The molecule has 8 nitrogen and oxygen atoms in total. The largest absolute Gasteiger partial charge is 0.465 e. The van der Waals surface area contributed by atoms with Crippen LogP contribution in [-0.2, 0) is 14.6 Å². The molecule has 0 aliphatic carbocycles. The summed E-state index contributed by atoms with van der Waals surface area (Å²) in [5.41, 5.74) is 1.41. The van der Waals surface area contributed by atoms with E-state index in [4.69, 9.17) is 4.74 Å². The molecule has 2 saturated heterocycles. The maximum atomic E-state index is 12.3. The van der Waals surface area contributed by atoms with Crippen molar-refractivity contribution in [2.45, 2.75) is 12.5 Å². The lowest BCUT2D eigenvalue weighted by molar-refractivity contribution is 0.0600. The standard InChI is InChI=1S/C17H23N3O5S/c1-25-16(21)13-3-2-4-15(11-13)19-6-8-20(9-7-19)17(22)18-14-5-10-26(23,24)12-14/h2-4,11,14H,5-10,12H2,1H3,(H,18,22). The first-order valence-corrected chi connectivity index (χ1v) is 10.4. The van der Waals surface area contributed by atoms with Crippen LogP contribution in [0.3, 0.4) is 0 Å². The fraction of sp³-hybridized carbons (Fsp3) is 0.529. The molecule has 0 aromatic heterocycles. The summed E-state index contributed by atoms with van der Waals surface area (Å²) in [5.74, 6) is -0.210. The molecule has 142 valence electrons. The maximum Gasteiger partial charge on any atom is 0.337 e. The van der Waals surface area contributed by atoms with Crippen molar-refractivity contribution >= 4 is 27.5 Å². The molecule has 0 saturated carbocycles. The molecule has 3 rings (SSSR count). The molecule has 0 spiro atoms. The van der Waals surface area contributed by atoms with Gasteiger partial charge in [0, 0.05) is 37.9 Å². The molecule has 1 unspecified atom stereocenters.